The van der Waals surface area contributed by atoms with Crippen LogP contribution in [0.1, 0.15) is 13.8 Å². The fraction of sp³-hybridized carbons (Fsp3) is 0.444. The van der Waals surface area contributed by atoms with Crippen LogP contribution in [0.15, 0.2) is 9.98 Å². The third kappa shape index (κ3) is 2.01. The third-order valence-electron chi connectivity index (χ3n) is 2.35. The van der Waals surface area contributed by atoms with Gasteiger partial charge in [-0.15, -0.1) is 0 Å². The van der Waals surface area contributed by atoms with Gasteiger partial charge in [0.2, 0.25) is 17.8 Å². The molecule has 17 heavy (non-hydrogen) atoms. The number of hydrogen-bond donors (Lipinski definition) is 2. The molecule has 0 radical (unpaired) electrons. The first kappa shape index (κ1) is 11.2. The van der Waals surface area contributed by atoms with Gasteiger partial charge in [-0.1, -0.05) is 0 Å². The van der Waals surface area contributed by atoms with E-state index in [1.807, 2.05) is 0 Å². The van der Waals surface area contributed by atoms with E-state index >= 15 is 0 Å². The molecule has 0 unspecified atom stereocenters. The smallest absolute Gasteiger partial charge is 0.255 e. The van der Waals surface area contributed by atoms with Crippen LogP contribution in [0.25, 0.3) is 0 Å². The summed E-state index contributed by atoms with van der Waals surface area (Å²) in [6, 6.07) is -0.739. The molecule has 0 aromatic heterocycles. The summed E-state index contributed by atoms with van der Waals surface area (Å²) in [4.78, 5) is 43.0. The minimum atomic E-state index is -0.739. The molecule has 2 aliphatic heterocycles. The fourth-order valence-electron chi connectivity index (χ4n) is 1.63. The Morgan fingerprint density at radius 2 is 2.18 bits per heavy atom. The van der Waals surface area contributed by atoms with Gasteiger partial charge >= 0.3 is 0 Å². The molecular formula is C9H11N5O3. The van der Waals surface area contributed by atoms with E-state index in [4.69, 9.17) is 0 Å². The van der Waals surface area contributed by atoms with Gasteiger partial charge in [0.1, 0.15) is 0 Å². The zero-order valence-corrected chi connectivity index (χ0v) is 9.30. The van der Waals surface area contributed by atoms with Gasteiger partial charge in [-0.25, -0.2) is 4.99 Å². The molecule has 0 saturated carbocycles. The zero-order valence-electron chi connectivity index (χ0n) is 9.30. The van der Waals surface area contributed by atoms with Crippen molar-refractivity contribution in [1.82, 2.24) is 15.5 Å². The topological polar surface area (TPSA) is 103 Å². The summed E-state index contributed by atoms with van der Waals surface area (Å²) in [6.07, 6.45) is 0.584. The highest BCUT2D eigenvalue weighted by molar-refractivity contribution is 6.08. The Balaban J connectivity index is 2.26. The molecule has 0 bridgehead atoms. The number of rotatable bonds is 0. The van der Waals surface area contributed by atoms with Gasteiger partial charge in [-0.05, 0) is 0 Å². The Morgan fingerprint density at radius 3 is 2.76 bits per heavy atom. The molecule has 2 atom stereocenters. The molecule has 8 nitrogen and oxygen atoms in total. The third-order valence-corrected chi connectivity index (χ3v) is 2.35. The van der Waals surface area contributed by atoms with Crippen molar-refractivity contribution in [2.45, 2.75) is 26.1 Å². The van der Waals surface area contributed by atoms with Crippen LogP contribution in [0, 0.1) is 0 Å². The number of carbonyl (C=O) groups is 3. The number of amides is 3. The maximum Gasteiger partial charge on any atom is 0.255 e. The Hall–Kier alpha value is -2.25. The summed E-state index contributed by atoms with van der Waals surface area (Å²) < 4.78 is 0. The Morgan fingerprint density at radius 1 is 1.47 bits per heavy atom. The number of nitrogens with zero attached hydrogens (tertiary/aromatic N) is 3. The normalized spacial score (nSPS) is 26.1. The summed E-state index contributed by atoms with van der Waals surface area (Å²) in [5.41, 5.74) is 0. The van der Waals surface area contributed by atoms with E-state index in [1.165, 1.54) is 25.1 Å². The molecule has 0 fully saturated rings. The number of aliphatic imine (C=N–C) groups is 2. The molecular weight excluding hydrogens is 226 g/mol. The SMILES string of the molecule is CC(=O)NC1=N[C@H]2[C@H](N=CN2C(C)=O)C(=O)N1. The Labute approximate surface area is 96.8 Å². The van der Waals surface area contributed by atoms with E-state index in [0.717, 1.165) is 0 Å². The molecule has 3 amide bonds. The van der Waals surface area contributed by atoms with Crippen molar-refractivity contribution in [3.05, 3.63) is 0 Å². The molecule has 0 aliphatic carbocycles. The average Bonchev–Trinajstić information content (AvgIpc) is 2.60. The second kappa shape index (κ2) is 3.96. The molecule has 2 heterocycles. The first-order valence-electron chi connectivity index (χ1n) is 4.97. The van der Waals surface area contributed by atoms with E-state index in [9.17, 15) is 14.4 Å². The number of hydrogen-bond acceptors (Lipinski definition) is 5. The van der Waals surface area contributed by atoms with Crippen molar-refractivity contribution >= 4 is 30.0 Å². The number of fused-ring (bicyclic) bond motifs is 1. The van der Waals surface area contributed by atoms with Crippen LogP contribution in [0.4, 0.5) is 0 Å². The molecule has 0 aromatic carbocycles. The molecule has 2 aliphatic rings. The lowest BCUT2D eigenvalue weighted by Gasteiger charge is -2.26. The number of guanidine groups is 1. The van der Waals surface area contributed by atoms with E-state index in [1.54, 1.807) is 0 Å². The minimum absolute atomic E-state index is 0.0421. The number of nitrogens with one attached hydrogen (secondary N) is 2. The highest BCUT2D eigenvalue weighted by atomic mass is 16.2. The Kier molecular flexibility index (Phi) is 2.62. The summed E-state index contributed by atoms with van der Waals surface area (Å²) in [6.45, 7) is 2.66. The standard InChI is InChI=1S/C9H11N5O3/c1-4(15)11-9-12-7-6(8(17)13-9)10-3-14(7)5(2)16/h3,6-7H,1-2H3,(H2,11,12,13,15,17)/t6-,7+/m0/s1. The van der Waals surface area contributed by atoms with Gasteiger partial charge in [0.15, 0.2) is 12.2 Å². The number of carbonyl (C=O) groups excluding carboxylic acids is 3. The molecule has 90 valence electrons. The summed E-state index contributed by atoms with van der Waals surface area (Å²) in [7, 11) is 0. The predicted octanol–water partition coefficient (Wildman–Crippen LogP) is -1.81. The Bertz CT molecular complexity index is 456. The van der Waals surface area contributed by atoms with Crippen LogP contribution in [0.5, 0.6) is 0 Å². The van der Waals surface area contributed by atoms with Crippen molar-refractivity contribution in [3.63, 3.8) is 0 Å². The minimum Gasteiger partial charge on any atom is -0.297 e. The van der Waals surface area contributed by atoms with Crippen LogP contribution in [0.3, 0.4) is 0 Å². The fourth-order valence-corrected chi connectivity index (χ4v) is 1.63. The molecule has 0 spiro atoms. The van der Waals surface area contributed by atoms with E-state index in [2.05, 4.69) is 20.6 Å². The highest BCUT2D eigenvalue weighted by Crippen LogP contribution is 2.18. The monoisotopic (exact) mass is 237 g/mol. The molecule has 2 rings (SSSR count). The maximum absolute atomic E-state index is 11.6. The van der Waals surface area contributed by atoms with Crippen molar-refractivity contribution in [1.29, 1.82) is 0 Å². The predicted molar refractivity (Wildman–Crippen MR) is 58.0 cm³/mol. The van der Waals surface area contributed by atoms with Crippen molar-refractivity contribution in [2.75, 3.05) is 0 Å². The maximum atomic E-state index is 11.6. The summed E-state index contributed by atoms with van der Waals surface area (Å²) in [5, 5.41) is 4.78. The van der Waals surface area contributed by atoms with Gasteiger partial charge in [0, 0.05) is 13.8 Å². The first-order chi connectivity index (χ1) is 7.99. The van der Waals surface area contributed by atoms with Crippen molar-refractivity contribution in [3.8, 4) is 0 Å². The lowest BCUT2D eigenvalue weighted by Crippen LogP contribution is -2.56. The molecule has 0 saturated heterocycles. The highest BCUT2D eigenvalue weighted by Gasteiger charge is 2.41. The van der Waals surface area contributed by atoms with Gasteiger partial charge in [-0.2, -0.15) is 0 Å². The van der Waals surface area contributed by atoms with Gasteiger partial charge < -0.3 is 0 Å². The quantitative estimate of drug-likeness (QED) is 0.519. The summed E-state index contributed by atoms with van der Waals surface area (Å²) >= 11 is 0. The van der Waals surface area contributed by atoms with Crippen LogP contribution in [0.2, 0.25) is 0 Å². The zero-order chi connectivity index (χ0) is 12.6. The van der Waals surface area contributed by atoms with Gasteiger partial charge in [0.25, 0.3) is 5.91 Å². The van der Waals surface area contributed by atoms with Crippen LogP contribution in [-0.2, 0) is 14.4 Å². The second-order valence-corrected chi connectivity index (χ2v) is 3.70. The molecule has 8 heteroatoms. The molecule has 2 N–H and O–H groups in total. The summed E-state index contributed by atoms with van der Waals surface area (Å²) in [5.74, 6) is -0.966. The van der Waals surface area contributed by atoms with Crippen molar-refractivity contribution < 1.29 is 14.4 Å². The second-order valence-electron chi connectivity index (χ2n) is 3.70. The lowest BCUT2D eigenvalue weighted by atomic mass is 10.2. The van der Waals surface area contributed by atoms with Crippen LogP contribution < -0.4 is 10.6 Å². The average molecular weight is 237 g/mol. The van der Waals surface area contributed by atoms with Gasteiger partial charge in [0.05, 0.1) is 6.34 Å². The van der Waals surface area contributed by atoms with E-state index in [0.29, 0.717) is 0 Å². The first-order valence-corrected chi connectivity index (χ1v) is 4.97. The van der Waals surface area contributed by atoms with Crippen LogP contribution >= 0.6 is 0 Å². The molecule has 0 aromatic rings. The van der Waals surface area contributed by atoms with E-state index in [-0.39, 0.29) is 17.8 Å². The van der Waals surface area contributed by atoms with E-state index < -0.39 is 18.1 Å². The largest absolute Gasteiger partial charge is 0.297 e. The van der Waals surface area contributed by atoms with Crippen LogP contribution in [-0.4, -0.2) is 47.1 Å². The van der Waals surface area contributed by atoms with Crippen molar-refractivity contribution in [2.24, 2.45) is 9.98 Å². The van der Waals surface area contributed by atoms with Gasteiger partial charge in [-0.3, -0.25) is 34.9 Å². The lowest BCUT2D eigenvalue weighted by molar-refractivity contribution is -0.127.